The second kappa shape index (κ2) is 8.16. The molecule has 1 N–H and O–H groups in total. The van der Waals surface area contributed by atoms with Crippen molar-refractivity contribution < 1.29 is 13.2 Å². The van der Waals surface area contributed by atoms with Gasteiger partial charge in [0.25, 0.3) is 15.9 Å². The third-order valence-corrected chi connectivity index (χ3v) is 5.94. The number of hydrogen-bond acceptors (Lipinski definition) is 3. The smallest absolute Gasteiger partial charge is 0.264 e. The predicted molar refractivity (Wildman–Crippen MR) is 100 cm³/mol. The first-order chi connectivity index (χ1) is 11.9. The van der Waals surface area contributed by atoms with Crippen LogP contribution in [-0.2, 0) is 10.0 Å². The van der Waals surface area contributed by atoms with Crippen molar-refractivity contribution in [3.8, 4) is 0 Å². The number of benzene rings is 2. The Morgan fingerprint density at radius 2 is 1.64 bits per heavy atom. The molecule has 5 nitrogen and oxygen atoms in total. The van der Waals surface area contributed by atoms with E-state index < -0.39 is 10.0 Å². The van der Waals surface area contributed by atoms with Crippen LogP contribution in [-0.4, -0.2) is 26.9 Å². The van der Waals surface area contributed by atoms with E-state index in [0.29, 0.717) is 17.8 Å². The van der Waals surface area contributed by atoms with Gasteiger partial charge in [-0.3, -0.25) is 9.10 Å². The third-order valence-electron chi connectivity index (χ3n) is 4.03. The predicted octanol–water partition coefficient (Wildman–Crippen LogP) is 3.43. The van der Waals surface area contributed by atoms with Gasteiger partial charge in [-0.15, -0.1) is 0 Å². The van der Waals surface area contributed by atoms with Gasteiger partial charge in [-0.05, 0) is 56.7 Å². The maximum atomic E-state index is 12.8. The van der Waals surface area contributed by atoms with Crippen LogP contribution in [0.3, 0.4) is 0 Å². The highest BCUT2D eigenvalue weighted by atomic mass is 32.2. The molecule has 0 unspecified atom stereocenters. The standard InChI is InChI=1S/C19H24N2O3S/c1-4-15(3)20-19(22)16-11-13-17(14-12-16)21(5-2)25(23,24)18-9-7-6-8-10-18/h6-15H,4-5H2,1-3H3,(H,20,22)/t15-/m1/s1. The molecule has 0 bridgehead atoms. The van der Waals surface area contributed by atoms with Crippen molar-refractivity contribution in [3.63, 3.8) is 0 Å². The van der Waals surface area contributed by atoms with E-state index in [4.69, 9.17) is 0 Å². The van der Waals surface area contributed by atoms with E-state index in [0.717, 1.165) is 6.42 Å². The summed E-state index contributed by atoms with van der Waals surface area (Å²) < 4.78 is 27.0. The molecule has 6 heteroatoms. The third kappa shape index (κ3) is 4.39. The molecule has 2 rings (SSSR count). The molecule has 0 saturated carbocycles. The lowest BCUT2D eigenvalue weighted by Crippen LogP contribution is -2.32. The summed E-state index contributed by atoms with van der Waals surface area (Å²) in [5, 5.41) is 2.89. The lowest BCUT2D eigenvalue weighted by Gasteiger charge is -2.23. The molecular weight excluding hydrogens is 336 g/mol. The van der Waals surface area contributed by atoms with Crippen LogP contribution < -0.4 is 9.62 Å². The van der Waals surface area contributed by atoms with Crippen molar-refractivity contribution in [1.82, 2.24) is 5.32 Å². The fraction of sp³-hybridized carbons (Fsp3) is 0.316. The van der Waals surface area contributed by atoms with Crippen molar-refractivity contribution >= 4 is 21.6 Å². The first kappa shape index (κ1) is 19.0. The number of sulfonamides is 1. The van der Waals surface area contributed by atoms with Gasteiger partial charge in [-0.1, -0.05) is 25.1 Å². The molecule has 1 amide bonds. The fourth-order valence-electron chi connectivity index (χ4n) is 2.40. The van der Waals surface area contributed by atoms with Crippen molar-refractivity contribution in [1.29, 1.82) is 0 Å². The zero-order valence-corrected chi connectivity index (χ0v) is 15.6. The second-order valence-corrected chi connectivity index (χ2v) is 7.67. The van der Waals surface area contributed by atoms with Crippen molar-refractivity contribution in [3.05, 3.63) is 60.2 Å². The molecule has 0 saturated heterocycles. The van der Waals surface area contributed by atoms with E-state index in [1.807, 2.05) is 13.8 Å². The minimum absolute atomic E-state index is 0.0952. The second-order valence-electron chi connectivity index (χ2n) is 5.81. The van der Waals surface area contributed by atoms with Gasteiger partial charge < -0.3 is 5.32 Å². The summed E-state index contributed by atoms with van der Waals surface area (Å²) in [5.41, 5.74) is 1.05. The van der Waals surface area contributed by atoms with Crippen LogP contribution in [0, 0.1) is 0 Å². The normalized spacial score (nSPS) is 12.4. The molecule has 25 heavy (non-hydrogen) atoms. The van der Waals surface area contributed by atoms with Gasteiger partial charge in [0.15, 0.2) is 0 Å². The average Bonchev–Trinajstić information content (AvgIpc) is 2.63. The van der Waals surface area contributed by atoms with E-state index in [1.165, 1.54) is 4.31 Å². The minimum Gasteiger partial charge on any atom is -0.350 e. The van der Waals surface area contributed by atoms with Gasteiger partial charge in [-0.25, -0.2) is 8.42 Å². The van der Waals surface area contributed by atoms with Crippen LogP contribution in [0.5, 0.6) is 0 Å². The molecule has 1 atom stereocenters. The molecule has 0 heterocycles. The summed E-state index contributed by atoms with van der Waals surface area (Å²) in [7, 11) is -3.63. The van der Waals surface area contributed by atoms with E-state index in [1.54, 1.807) is 61.5 Å². The quantitative estimate of drug-likeness (QED) is 0.822. The summed E-state index contributed by atoms with van der Waals surface area (Å²) >= 11 is 0. The Bertz CT molecular complexity index is 802. The maximum absolute atomic E-state index is 12.8. The lowest BCUT2D eigenvalue weighted by atomic mass is 10.1. The SMILES string of the molecule is CC[C@@H](C)NC(=O)c1ccc(N(CC)S(=O)(=O)c2ccccc2)cc1. The lowest BCUT2D eigenvalue weighted by molar-refractivity contribution is 0.0939. The molecule has 0 radical (unpaired) electrons. The van der Waals surface area contributed by atoms with Crippen LogP contribution in [0.4, 0.5) is 5.69 Å². The van der Waals surface area contributed by atoms with Crippen molar-refractivity contribution in [2.24, 2.45) is 0 Å². The van der Waals surface area contributed by atoms with Crippen molar-refractivity contribution in [2.45, 2.75) is 38.1 Å². The van der Waals surface area contributed by atoms with Crippen molar-refractivity contribution in [2.75, 3.05) is 10.8 Å². The Morgan fingerprint density at radius 1 is 1.04 bits per heavy atom. The number of carbonyl (C=O) groups excluding carboxylic acids is 1. The summed E-state index contributed by atoms with van der Waals surface area (Å²) in [5.74, 6) is -0.158. The Morgan fingerprint density at radius 3 is 2.16 bits per heavy atom. The van der Waals surface area contributed by atoms with E-state index in [9.17, 15) is 13.2 Å². The molecular formula is C19H24N2O3S. The molecule has 134 valence electrons. The molecule has 2 aromatic carbocycles. The molecule has 0 aliphatic carbocycles. The highest BCUT2D eigenvalue weighted by Gasteiger charge is 2.23. The topological polar surface area (TPSA) is 66.5 Å². The van der Waals surface area contributed by atoms with E-state index in [2.05, 4.69) is 5.32 Å². The zero-order valence-electron chi connectivity index (χ0n) is 14.8. The highest BCUT2D eigenvalue weighted by Crippen LogP contribution is 2.23. The van der Waals surface area contributed by atoms with Gasteiger partial charge in [0, 0.05) is 18.2 Å². The zero-order chi connectivity index (χ0) is 18.4. The summed E-state index contributed by atoms with van der Waals surface area (Å²) in [6.07, 6.45) is 0.850. The Hall–Kier alpha value is -2.34. The fourth-order valence-corrected chi connectivity index (χ4v) is 3.89. The summed E-state index contributed by atoms with van der Waals surface area (Å²) in [4.78, 5) is 12.4. The van der Waals surface area contributed by atoms with Gasteiger partial charge in [0.05, 0.1) is 10.6 Å². The van der Waals surface area contributed by atoms with Gasteiger partial charge >= 0.3 is 0 Å². The largest absolute Gasteiger partial charge is 0.350 e. The summed E-state index contributed by atoms with van der Waals surface area (Å²) in [6.45, 7) is 6.03. The first-order valence-electron chi connectivity index (χ1n) is 8.38. The molecule has 0 aromatic heterocycles. The highest BCUT2D eigenvalue weighted by molar-refractivity contribution is 7.92. The van der Waals surface area contributed by atoms with E-state index in [-0.39, 0.29) is 16.8 Å². The van der Waals surface area contributed by atoms with Gasteiger partial charge in [0.1, 0.15) is 0 Å². The number of hydrogen-bond donors (Lipinski definition) is 1. The number of carbonyl (C=O) groups is 1. The van der Waals surface area contributed by atoms with Crippen LogP contribution in [0.25, 0.3) is 0 Å². The van der Waals surface area contributed by atoms with Gasteiger partial charge in [0.2, 0.25) is 0 Å². The maximum Gasteiger partial charge on any atom is 0.264 e. The number of nitrogens with one attached hydrogen (secondary N) is 1. The van der Waals surface area contributed by atoms with Crippen LogP contribution in [0.2, 0.25) is 0 Å². The minimum atomic E-state index is -3.63. The average molecular weight is 360 g/mol. The Labute approximate surface area is 149 Å². The Balaban J connectivity index is 2.26. The van der Waals surface area contributed by atoms with E-state index >= 15 is 0 Å². The monoisotopic (exact) mass is 360 g/mol. The number of amides is 1. The number of nitrogens with zero attached hydrogens (tertiary/aromatic N) is 1. The number of rotatable bonds is 7. The molecule has 2 aromatic rings. The Kier molecular flexibility index (Phi) is 6.20. The first-order valence-corrected chi connectivity index (χ1v) is 9.82. The molecule has 0 spiro atoms. The number of anilines is 1. The van der Waals surface area contributed by atoms with Gasteiger partial charge in [-0.2, -0.15) is 0 Å². The van der Waals surface area contributed by atoms with Crippen LogP contribution in [0.1, 0.15) is 37.6 Å². The molecule has 0 aliphatic rings. The van der Waals surface area contributed by atoms with Crippen LogP contribution >= 0.6 is 0 Å². The van der Waals surface area contributed by atoms with Crippen LogP contribution in [0.15, 0.2) is 59.5 Å². The molecule has 0 fully saturated rings. The summed E-state index contributed by atoms with van der Waals surface area (Å²) in [6, 6.07) is 15.0. The molecule has 0 aliphatic heterocycles.